The molecular formula is C17H27Cl3N2O4. The number of ether oxygens (including phenoxy) is 1. The SMILES string of the molecule is CCC(O)NC(CCC(Cl)(Cl)Cl)C(=O)N1C(=O)C=C(OC)C1CC(C)C. The highest BCUT2D eigenvalue weighted by atomic mass is 35.6. The summed E-state index contributed by atoms with van der Waals surface area (Å²) in [6, 6.07) is -1.33. The first-order valence-corrected chi connectivity index (χ1v) is 9.77. The van der Waals surface area contributed by atoms with Crippen molar-refractivity contribution in [2.45, 2.75) is 68.6 Å². The molecule has 0 aromatic heterocycles. The fourth-order valence-electron chi connectivity index (χ4n) is 2.80. The van der Waals surface area contributed by atoms with Gasteiger partial charge in [-0.05, 0) is 31.6 Å². The van der Waals surface area contributed by atoms with E-state index in [9.17, 15) is 14.7 Å². The fourth-order valence-corrected chi connectivity index (χ4v) is 3.12. The van der Waals surface area contributed by atoms with E-state index < -0.39 is 33.9 Å². The monoisotopic (exact) mass is 428 g/mol. The Kier molecular flexibility index (Phi) is 9.16. The molecule has 0 aromatic rings. The minimum Gasteiger partial charge on any atom is -0.499 e. The number of nitrogens with zero attached hydrogens (tertiary/aromatic N) is 1. The van der Waals surface area contributed by atoms with E-state index in [0.29, 0.717) is 18.6 Å². The van der Waals surface area contributed by atoms with Crippen LogP contribution in [0.3, 0.4) is 0 Å². The molecule has 1 rings (SSSR count). The Bertz CT molecular complexity index is 535. The number of hydrogen-bond donors (Lipinski definition) is 2. The summed E-state index contributed by atoms with van der Waals surface area (Å²) in [4.78, 5) is 26.7. The summed E-state index contributed by atoms with van der Waals surface area (Å²) < 4.78 is 3.76. The number of imide groups is 1. The Labute approximate surface area is 169 Å². The second kappa shape index (κ2) is 10.1. The van der Waals surface area contributed by atoms with Crippen LogP contribution in [0.5, 0.6) is 0 Å². The number of aliphatic hydroxyl groups excluding tert-OH is 1. The number of halogens is 3. The first-order chi connectivity index (χ1) is 12.0. The Morgan fingerprint density at radius 1 is 1.42 bits per heavy atom. The highest BCUT2D eigenvalue weighted by Gasteiger charge is 2.41. The number of aliphatic hydroxyl groups is 1. The molecule has 0 fully saturated rings. The maximum Gasteiger partial charge on any atom is 0.257 e. The summed E-state index contributed by atoms with van der Waals surface area (Å²) in [5.41, 5.74) is 0. The zero-order chi connectivity index (χ0) is 20.1. The second-order valence-corrected chi connectivity index (χ2v) is 9.26. The second-order valence-electron chi connectivity index (χ2n) is 6.74. The lowest BCUT2D eigenvalue weighted by molar-refractivity contribution is -0.145. The number of hydrogen-bond acceptors (Lipinski definition) is 5. The van der Waals surface area contributed by atoms with Gasteiger partial charge in [-0.15, -0.1) is 0 Å². The van der Waals surface area contributed by atoms with E-state index in [0.717, 1.165) is 0 Å². The highest BCUT2D eigenvalue weighted by Crippen LogP contribution is 2.33. The van der Waals surface area contributed by atoms with Crippen molar-refractivity contribution in [2.24, 2.45) is 5.92 Å². The summed E-state index contributed by atoms with van der Waals surface area (Å²) in [6.07, 6.45) is 1.64. The van der Waals surface area contributed by atoms with Crippen molar-refractivity contribution in [2.75, 3.05) is 7.11 Å². The summed E-state index contributed by atoms with van der Waals surface area (Å²) in [7, 11) is 1.47. The zero-order valence-electron chi connectivity index (χ0n) is 15.5. The standard InChI is InChI=1S/C17H27Cl3N2O4/c1-5-14(23)21-11(6-7-17(18,19)20)16(25)22-12(8-10(2)3)13(26-4)9-15(22)24/h9-12,14,21,23H,5-8H2,1-4H3. The van der Waals surface area contributed by atoms with E-state index in [1.807, 2.05) is 13.8 Å². The molecule has 0 aromatic carbocycles. The molecule has 2 N–H and O–H groups in total. The number of rotatable bonds is 9. The van der Waals surface area contributed by atoms with Gasteiger partial charge in [-0.1, -0.05) is 55.6 Å². The molecule has 2 amide bonds. The average molecular weight is 430 g/mol. The Morgan fingerprint density at radius 3 is 2.50 bits per heavy atom. The molecule has 0 radical (unpaired) electrons. The molecule has 150 valence electrons. The molecule has 6 nitrogen and oxygen atoms in total. The van der Waals surface area contributed by atoms with Crippen molar-refractivity contribution in [3.05, 3.63) is 11.8 Å². The van der Waals surface area contributed by atoms with Gasteiger partial charge in [-0.25, -0.2) is 0 Å². The first-order valence-electron chi connectivity index (χ1n) is 8.63. The smallest absolute Gasteiger partial charge is 0.257 e. The van der Waals surface area contributed by atoms with Crippen LogP contribution in [0.25, 0.3) is 0 Å². The highest BCUT2D eigenvalue weighted by molar-refractivity contribution is 6.67. The first kappa shape index (κ1) is 23.5. The van der Waals surface area contributed by atoms with Gasteiger partial charge in [0, 0.05) is 6.08 Å². The van der Waals surface area contributed by atoms with Crippen LogP contribution in [0.4, 0.5) is 0 Å². The summed E-state index contributed by atoms with van der Waals surface area (Å²) in [5, 5.41) is 12.7. The quantitative estimate of drug-likeness (QED) is 0.435. The largest absolute Gasteiger partial charge is 0.499 e. The zero-order valence-corrected chi connectivity index (χ0v) is 17.7. The number of carbonyl (C=O) groups is 2. The Balaban J connectivity index is 3.04. The van der Waals surface area contributed by atoms with Crippen LogP contribution in [0.1, 0.15) is 46.5 Å². The van der Waals surface area contributed by atoms with Crippen LogP contribution >= 0.6 is 34.8 Å². The normalized spacial score (nSPS) is 20.3. The van der Waals surface area contributed by atoms with Gasteiger partial charge in [-0.3, -0.25) is 19.8 Å². The molecule has 0 bridgehead atoms. The topological polar surface area (TPSA) is 78.9 Å². The molecule has 1 aliphatic heterocycles. The van der Waals surface area contributed by atoms with Gasteiger partial charge in [0.25, 0.3) is 5.91 Å². The Morgan fingerprint density at radius 2 is 2.04 bits per heavy atom. The molecule has 3 atom stereocenters. The molecule has 26 heavy (non-hydrogen) atoms. The third kappa shape index (κ3) is 6.89. The van der Waals surface area contributed by atoms with E-state index in [1.54, 1.807) is 6.92 Å². The van der Waals surface area contributed by atoms with Crippen LogP contribution in [0.15, 0.2) is 11.8 Å². The van der Waals surface area contributed by atoms with Crippen LogP contribution in [-0.4, -0.2) is 51.0 Å². The van der Waals surface area contributed by atoms with Crippen LogP contribution in [0.2, 0.25) is 0 Å². The van der Waals surface area contributed by atoms with E-state index in [-0.39, 0.29) is 18.8 Å². The lowest BCUT2D eigenvalue weighted by atomic mass is 10.0. The molecule has 0 saturated carbocycles. The third-order valence-corrected chi connectivity index (χ3v) is 4.67. The molecular weight excluding hydrogens is 403 g/mol. The predicted molar refractivity (Wildman–Crippen MR) is 103 cm³/mol. The van der Waals surface area contributed by atoms with E-state index in [1.165, 1.54) is 18.1 Å². The molecule has 9 heteroatoms. The number of nitrogens with one attached hydrogen (secondary N) is 1. The number of methoxy groups -OCH3 is 1. The molecule has 0 saturated heterocycles. The van der Waals surface area contributed by atoms with E-state index in [4.69, 9.17) is 39.5 Å². The molecule has 3 unspecified atom stereocenters. The molecule has 1 aliphatic rings. The minimum atomic E-state index is -1.53. The van der Waals surface area contributed by atoms with Crippen LogP contribution in [0, 0.1) is 5.92 Å². The van der Waals surface area contributed by atoms with Crippen molar-refractivity contribution in [1.29, 1.82) is 0 Å². The number of amides is 2. The van der Waals surface area contributed by atoms with Crippen LogP contribution in [-0.2, 0) is 14.3 Å². The molecule has 0 aliphatic carbocycles. The fraction of sp³-hybridized carbons (Fsp3) is 0.765. The van der Waals surface area contributed by atoms with Crippen molar-refractivity contribution in [3.63, 3.8) is 0 Å². The van der Waals surface area contributed by atoms with Gasteiger partial charge < -0.3 is 9.84 Å². The van der Waals surface area contributed by atoms with Gasteiger partial charge in [0.2, 0.25) is 5.91 Å². The number of carbonyl (C=O) groups excluding carboxylic acids is 2. The lowest BCUT2D eigenvalue weighted by Crippen LogP contribution is -2.53. The molecule has 0 spiro atoms. The summed E-state index contributed by atoms with van der Waals surface area (Å²) in [6.45, 7) is 5.76. The average Bonchev–Trinajstić information content (AvgIpc) is 2.84. The summed E-state index contributed by atoms with van der Waals surface area (Å²) in [5.74, 6) is -0.211. The lowest BCUT2D eigenvalue weighted by Gasteiger charge is -2.31. The van der Waals surface area contributed by atoms with Crippen molar-refractivity contribution >= 4 is 46.6 Å². The summed E-state index contributed by atoms with van der Waals surface area (Å²) >= 11 is 17.4. The molecule has 1 heterocycles. The maximum absolute atomic E-state index is 13.1. The maximum atomic E-state index is 13.1. The third-order valence-electron chi connectivity index (χ3n) is 4.11. The Hall–Kier alpha value is -0.530. The van der Waals surface area contributed by atoms with Gasteiger partial charge in [0.1, 0.15) is 12.0 Å². The van der Waals surface area contributed by atoms with Gasteiger partial charge in [0.15, 0.2) is 3.79 Å². The van der Waals surface area contributed by atoms with Gasteiger partial charge >= 0.3 is 0 Å². The number of alkyl halides is 3. The van der Waals surface area contributed by atoms with Crippen LogP contribution < -0.4 is 5.32 Å². The van der Waals surface area contributed by atoms with Crippen molar-refractivity contribution in [1.82, 2.24) is 10.2 Å². The van der Waals surface area contributed by atoms with Gasteiger partial charge in [0.05, 0.1) is 19.2 Å². The van der Waals surface area contributed by atoms with Gasteiger partial charge in [-0.2, -0.15) is 0 Å². The van der Waals surface area contributed by atoms with Crippen molar-refractivity contribution < 1.29 is 19.4 Å². The predicted octanol–water partition coefficient (Wildman–Crippen LogP) is 3.14. The van der Waals surface area contributed by atoms with E-state index in [2.05, 4.69) is 5.32 Å². The van der Waals surface area contributed by atoms with Crippen molar-refractivity contribution in [3.8, 4) is 0 Å². The van der Waals surface area contributed by atoms with E-state index >= 15 is 0 Å². The minimum absolute atomic E-state index is 0.0962.